The lowest BCUT2D eigenvalue weighted by molar-refractivity contribution is 0.0985. The molecule has 0 atom stereocenters. The molecule has 0 saturated heterocycles. The van der Waals surface area contributed by atoms with Crippen LogP contribution in [-0.2, 0) is 0 Å². The Balaban J connectivity index is 1.94. The molecule has 0 aliphatic heterocycles. The van der Waals surface area contributed by atoms with Crippen LogP contribution in [0.4, 0.5) is 9.52 Å². The van der Waals surface area contributed by atoms with Gasteiger partial charge in [0.25, 0.3) is 5.91 Å². The molecule has 136 valence electrons. The topological polar surface area (TPSA) is 36.4 Å². The standard InChI is InChI=1S/C20H22FN3OS/c1-14-8-9-17-18(12-14)26-20(22-17)24(11-5-10-23(2)3)19(25)15-6-4-7-16(21)13-15/h4,6-9,12-13H,5,10-11H2,1-3H3. The van der Waals surface area contributed by atoms with Crippen LogP contribution in [0.5, 0.6) is 0 Å². The first-order valence-corrected chi connectivity index (χ1v) is 9.35. The predicted molar refractivity (Wildman–Crippen MR) is 106 cm³/mol. The number of hydrogen-bond donors (Lipinski definition) is 0. The van der Waals surface area contributed by atoms with Crippen LogP contribution in [0.15, 0.2) is 42.5 Å². The highest BCUT2D eigenvalue weighted by Crippen LogP contribution is 2.30. The molecule has 0 unspecified atom stereocenters. The summed E-state index contributed by atoms with van der Waals surface area (Å²) in [5.41, 5.74) is 2.37. The Hall–Kier alpha value is -2.31. The van der Waals surface area contributed by atoms with Crippen LogP contribution in [0.3, 0.4) is 0 Å². The van der Waals surface area contributed by atoms with Crippen LogP contribution in [0.25, 0.3) is 10.2 Å². The normalized spacial score (nSPS) is 11.3. The molecule has 0 aliphatic carbocycles. The van der Waals surface area contributed by atoms with Gasteiger partial charge in [0.15, 0.2) is 5.13 Å². The number of halogens is 1. The maximum atomic E-state index is 13.6. The zero-order valence-electron chi connectivity index (χ0n) is 15.2. The molecule has 6 heteroatoms. The van der Waals surface area contributed by atoms with Crippen molar-refractivity contribution in [2.45, 2.75) is 13.3 Å². The lowest BCUT2D eigenvalue weighted by Gasteiger charge is -2.21. The molecule has 1 heterocycles. The van der Waals surface area contributed by atoms with Crippen LogP contribution >= 0.6 is 11.3 Å². The Morgan fingerprint density at radius 3 is 2.69 bits per heavy atom. The van der Waals surface area contributed by atoms with E-state index in [0.717, 1.165) is 28.7 Å². The second kappa shape index (κ2) is 7.93. The molecule has 0 radical (unpaired) electrons. The number of thiazole rings is 1. The second-order valence-corrected chi connectivity index (χ2v) is 7.60. The third-order valence-electron chi connectivity index (χ3n) is 4.07. The summed E-state index contributed by atoms with van der Waals surface area (Å²) in [5.74, 6) is -0.636. The van der Waals surface area contributed by atoms with Crippen molar-refractivity contribution in [1.29, 1.82) is 0 Å². The largest absolute Gasteiger partial charge is 0.309 e. The molecule has 2 aromatic carbocycles. The van der Waals surface area contributed by atoms with Crippen molar-refractivity contribution in [1.82, 2.24) is 9.88 Å². The van der Waals surface area contributed by atoms with Crippen LogP contribution in [0.1, 0.15) is 22.3 Å². The maximum Gasteiger partial charge on any atom is 0.260 e. The molecule has 3 rings (SSSR count). The van der Waals surface area contributed by atoms with Gasteiger partial charge in [-0.3, -0.25) is 9.69 Å². The summed E-state index contributed by atoms with van der Waals surface area (Å²) in [6, 6.07) is 11.9. The average Bonchev–Trinajstić information content (AvgIpc) is 3.00. The van der Waals surface area contributed by atoms with Gasteiger partial charge in [0.2, 0.25) is 0 Å². The van der Waals surface area contributed by atoms with Gasteiger partial charge in [-0.25, -0.2) is 9.37 Å². The van der Waals surface area contributed by atoms with Crippen LogP contribution in [0, 0.1) is 12.7 Å². The van der Waals surface area contributed by atoms with Crippen molar-refractivity contribution in [3.05, 3.63) is 59.4 Å². The number of fused-ring (bicyclic) bond motifs is 1. The molecule has 0 N–H and O–H groups in total. The maximum absolute atomic E-state index is 13.6. The Kier molecular flexibility index (Phi) is 5.64. The lowest BCUT2D eigenvalue weighted by atomic mass is 10.2. The fourth-order valence-corrected chi connectivity index (χ4v) is 3.83. The first kappa shape index (κ1) is 18.5. The van der Waals surface area contributed by atoms with Gasteiger partial charge in [-0.05, 0) is 69.9 Å². The van der Waals surface area contributed by atoms with Crippen molar-refractivity contribution in [3.8, 4) is 0 Å². The Labute approximate surface area is 156 Å². The van der Waals surface area contributed by atoms with Gasteiger partial charge in [0, 0.05) is 12.1 Å². The second-order valence-electron chi connectivity index (χ2n) is 6.59. The molecule has 0 saturated carbocycles. The number of carbonyl (C=O) groups excluding carboxylic acids is 1. The molecule has 4 nitrogen and oxygen atoms in total. The summed E-state index contributed by atoms with van der Waals surface area (Å²) >= 11 is 1.49. The number of benzene rings is 2. The van der Waals surface area contributed by atoms with E-state index in [-0.39, 0.29) is 5.91 Å². The Bertz CT molecular complexity index is 922. The van der Waals surface area contributed by atoms with Crippen molar-refractivity contribution < 1.29 is 9.18 Å². The van der Waals surface area contributed by atoms with E-state index in [1.807, 2.05) is 33.2 Å². The third kappa shape index (κ3) is 4.26. The molecule has 0 fully saturated rings. The van der Waals surface area contributed by atoms with Gasteiger partial charge >= 0.3 is 0 Å². The lowest BCUT2D eigenvalue weighted by Crippen LogP contribution is -2.33. The van der Waals surface area contributed by atoms with E-state index in [4.69, 9.17) is 0 Å². The highest BCUT2D eigenvalue weighted by molar-refractivity contribution is 7.22. The average molecular weight is 371 g/mol. The number of rotatable bonds is 6. The van der Waals surface area contributed by atoms with Crippen molar-refractivity contribution in [2.75, 3.05) is 32.1 Å². The molecule has 3 aromatic rings. The van der Waals surface area contributed by atoms with Gasteiger partial charge in [-0.2, -0.15) is 0 Å². The van der Waals surface area contributed by atoms with Gasteiger partial charge < -0.3 is 4.90 Å². The molecule has 0 bridgehead atoms. The summed E-state index contributed by atoms with van der Waals surface area (Å²) < 4.78 is 14.6. The summed E-state index contributed by atoms with van der Waals surface area (Å²) in [4.78, 5) is 21.4. The van der Waals surface area contributed by atoms with E-state index in [1.165, 1.54) is 23.5 Å². The summed E-state index contributed by atoms with van der Waals surface area (Å²) in [7, 11) is 4.00. The smallest absolute Gasteiger partial charge is 0.260 e. The quantitative estimate of drug-likeness (QED) is 0.647. The highest BCUT2D eigenvalue weighted by atomic mass is 32.1. The minimum Gasteiger partial charge on any atom is -0.309 e. The van der Waals surface area contributed by atoms with E-state index in [1.54, 1.807) is 17.0 Å². The number of carbonyl (C=O) groups is 1. The first-order valence-electron chi connectivity index (χ1n) is 8.53. The zero-order chi connectivity index (χ0) is 18.7. The van der Waals surface area contributed by atoms with Crippen LogP contribution < -0.4 is 4.90 Å². The highest BCUT2D eigenvalue weighted by Gasteiger charge is 2.21. The molecule has 26 heavy (non-hydrogen) atoms. The van der Waals surface area contributed by atoms with Crippen LogP contribution in [0.2, 0.25) is 0 Å². The number of anilines is 1. The Morgan fingerprint density at radius 1 is 1.15 bits per heavy atom. The molecular formula is C20H22FN3OS. The molecular weight excluding hydrogens is 349 g/mol. The number of amides is 1. The summed E-state index contributed by atoms with van der Waals surface area (Å²) in [6.07, 6.45) is 0.809. The fourth-order valence-electron chi connectivity index (χ4n) is 2.74. The zero-order valence-corrected chi connectivity index (χ0v) is 16.0. The van der Waals surface area contributed by atoms with E-state index >= 15 is 0 Å². The van der Waals surface area contributed by atoms with E-state index in [9.17, 15) is 9.18 Å². The first-order chi connectivity index (χ1) is 12.4. The van der Waals surface area contributed by atoms with Crippen molar-refractivity contribution in [3.63, 3.8) is 0 Å². The van der Waals surface area contributed by atoms with Crippen LogP contribution in [-0.4, -0.2) is 43.0 Å². The minimum atomic E-state index is -0.413. The SMILES string of the molecule is Cc1ccc2nc(N(CCCN(C)C)C(=O)c3cccc(F)c3)sc2c1. The van der Waals surface area contributed by atoms with E-state index in [0.29, 0.717) is 17.2 Å². The summed E-state index contributed by atoms with van der Waals surface area (Å²) in [6.45, 7) is 3.43. The fraction of sp³-hybridized carbons (Fsp3) is 0.300. The third-order valence-corrected chi connectivity index (χ3v) is 5.11. The monoisotopic (exact) mass is 371 g/mol. The van der Waals surface area contributed by atoms with E-state index in [2.05, 4.69) is 16.0 Å². The van der Waals surface area contributed by atoms with Gasteiger partial charge in [-0.1, -0.05) is 23.5 Å². The van der Waals surface area contributed by atoms with Crippen molar-refractivity contribution >= 4 is 32.6 Å². The number of aryl methyl sites for hydroxylation is 1. The number of hydrogen-bond acceptors (Lipinski definition) is 4. The molecule has 1 aromatic heterocycles. The number of nitrogens with zero attached hydrogens (tertiary/aromatic N) is 3. The van der Waals surface area contributed by atoms with Gasteiger partial charge in [-0.15, -0.1) is 0 Å². The van der Waals surface area contributed by atoms with Gasteiger partial charge in [0.1, 0.15) is 5.82 Å². The van der Waals surface area contributed by atoms with Gasteiger partial charge in [0.05, 0.1) is 10.2 Å². The Morgan fingerprint density at radius 2 is 1.96 bits per heavy atom. The molecule has 0 aliphatic rings. The van der Waals surface area contributed by atoms with E-state index < -0.39 is 5.82 Å². The molecule has 0 spiro atoms. The number of aromatic nitrogens is 1. The van der Waals surface area contributed by atoms with Crippen molar-refractivity contribution in [2.24, 2.45) is 0 Å². The summed E-state index contributed by atoms with van der Waals surface area (Å²) in [5, 5.41) is 0.651. The minimum absolute atomic E-state index is 0.223. The predicted octanol–water partition coefficient (Wildman–Crippen LogP) is 4.34. The molecule has 1 amide bonds.